The van der Waals surface area contributed by atoms with Crippen LogP contribution in [0.15, 0.2) is 29.3 Å². The Hall–Kier alpha value is -0.661. The summed E-state index contributed by atoms with van der Waals surface area (Å²) in [6.07, 6.45) is 0. The maximum Gasteiger partial charge on any atom is 4.00 e. The molecule has 0 spiro atoms. The molecule has 22 heavy (non-hydrogen) atoms. The molecule has 1 saturated heterocycles. The first-order valence-corrected chi connectivity index (χ1v) is 8.63. The van der Waals surface area contributed by atoms with E-state index in [1.54, 1.807) is 42.7 Å². The topological polar surface area (TPSA) is 78.8 Å². The van der Waals surface area contributed by atoms with Crippen molar-refractivity contribution in [2.45, 2.75) is 17.5 Å². The number of carboxylic acid groups (broad SMARTS) is 1. The summed E-state index contributed by atoms with van der Waals surface area (Å²) in [5.74, 6) is 0.232. The van der Waals surface area contributed by atoms with Gasteiger partial charge in [-0.05, 0) is 12.6 Å². The summed E-state index contributed by atoms with van der Waals surface area (Å²) in [6, 6.07) is 6.31. The maximum absolute atomic E-state index is 11.8. The quantitative estimate of drug-likeness (QED) is 0.675. The monoisotopic (exact) mass is 378 g/mol. The number of benzene rings is 1. The summed E-state index contributed by atoms with van der Waals surface area (Å²) in [4.78, 5) is 17.5. The molecule has 0 N–H and O–H groups in total. The van der Waals surface area contributed by atoms with Crippen LogP contribution >= 0.6 is 23.5 Å². The molecule has 0 aliphatic carbocycles. The summed E-state index contributed by atoms with van der Waals surface area (Å²) < 4.78 is 0. The van der Waals surface area contributed by atoms with Crippen LogP contribution in [0.5, 0.6) is 5.75 Å². The molecule has 1 aromatic carbocycles. The molecule has 3 atom stereocenters. The summed E-state index contributed by atoms with van der Waals surface area (Å²) in [5, 5.41) is 23.7. The third-order valence-corrected chi connectivity index (χ3v) is 6.31. The number of hydrogen-bond acceptors (Lipinski definition) is 7. The number of carbonyl (C=O) groups is 1. The fourth-order valence-electron chi connectivity index (χ4n) is 2.55. The van der Waals surface area contributed by atoms with Gasteiger partial charge < -0.3 is 15.0 Å². The predicted octanol–water partition coefficient (Wildman–Crippen LogP) is -0.257. The molecule has 1 fully saturated rings. The number of nitrogens with zero attached hydrogens (tertiary/aromatic N) is 2. The second-order valence-electron chi connectivity index (χ2n) is 5.03. The van der Waals surface area contributed by atoms with Crippen LogP contribution in [-0.4, -0.2) is 51.9 Å². The summed E-state index contributed by atoms with van der Waals surface area (Å²) in [7, 11) is 1.80. The first-order valence-electron chi connectivity index (χ1n) is 6.59. The number of carbonyl (C=O) groups excluding carboxylic acids is 1. The molecule has 1 aromatic rings. The normalized spacial score (nSPS) is 28.2. The van der Waals surface area contributed by atoms with Crippen LogP contribution < -0.4 is 10.2 Å². The number of thioether (sulfide) groups is 2. The largest absolute Gasteiger partial charge is 4.00 e. The van der Waals surface area contributed by atoms with Gasteiger partial charge in [0.25, 0.3) is 0 Å². The van der Waals surface area contributed by atoms with E-state index >= 15 is 0 Å². The molecule has 2 aliphatic heterocycles. The van der Waals surface area contributed by atoms with Crippen molar-refractivity contribution in [1.82, 2.24) is 4.90 Å². The Morgan fingerprint density at radius 2 is 2.09 bits per heavy atom. The Bertz CT molecular complexity index is 599. The van der Waals surface area contributed by atoms with E-state index < -0.39 is 12.0 Å². The minimum Gasteiger partial charge on any atom is -0.872 e. The molecule has 0 saturated carbocycles. The van der Waals surface area contributed by atoms with E-state index in [0.717, 1.165) is 10.8 Å². The van der Waals surface area contributed by atoms with E-state index in [0.29, 0.717) is 11.3 Å². The van der Waals surface area contributed by atoms with E-state index in [9.17, 15) is 15.0 Å². The van der Waals surface area contributed by atoms with Gasteiger partial charge in [0.05, 0.1) is 28.5 Å². The third-order valence-electron chi connectivity index (χ3n) is 3.71. The van der Waals surface area contributed by atoms with Gasteiger partial charge in [0.15, 0.2) is 0 Å². The third kappa shape index (κ3) is 3.31. The zero-order valence-electron chi connectivity index (χ0n) is 11.7. The number of carboxylic acids is 1. The zero-order chi connectivity index (χ0) is 15.0. The molecule has 2 heterocycles. The van der Waals surface area contributed by atoms with E-state index in [-0.39, 0.29) is 34.2 Å². The summed E-state index contributed by atoms with van der Waals surface area (Å²) in [6.45, 7) is 0. The minimum atomic E-state index is -1.03. The molecule has 2 aliphatic rings. The number of aliphatic carboxylic acids is 1. The first-order chi connectivity index (χ1) is 10.1. The van der Waals surface area contributed by atoms with Crippen molar-refractivity contribution in [1.29, 1.82) is 0 Å². The van der Waals surface area contributed by atoms with E-state index in [1.807, 2.05) is 11.0 Å². The van der Waals surface area contributed by atoms with Gasteiger partial charge in [-0.1, -0.05) is 30.0 Å². The number of aliphatic imine (C=N–C) groups is 1. The van der Waals surface area contributed by atoms with Crippen molar-refractivity contribution >= 4 is 34.5 Å². The van der Waals surface area contributed by atoms with Crippen LogP contribution in [0.3, 0.4) is 0 Å². The van der Waals surface area contributed by atoms with Crippen molar-refractivity contribution in [2.75, 3.05) is 18.6 Å². The second kappa shape index (κ2) is 7.27. The molecule has 0 bridgehead atoms. The Labute approximate surface area is 148 Å². The van der Waals surface area contributed by atoms with Crippen LogP contribution in [0, 0.1) is 0 Å². The molecular formula is C14H14FeN2O3S2+2. The van der Waals surface area contributed by atoms with Crippen molar-refractivity contribution in [2.24, 2.45) is 4.99 Å². The molecule has 0 unspecified atom stereocenters. The van der Waals surface area contributed by atoms with E-state index in [4.69, 9.17) is 0 Å². The second-order valence-corrected chi connectivity index (χ2v) is 7.19. The maximum atomic E-state index is 11.8. The molecule has 3 rings (SSSR count). The fourth-order valence-corrected chi connectivity index (χ4v) is 5.30. The van der Waals surface area contributed by atoms with Gasteiger partial charge in [-0.15, -0.1) is 23.5 Å². The molecular weight excluding hydrogens is 364 g/mol. The van der Waals surface area contributed by atoms with Gasteiger partial charge in [-0.2, -0.15) is 0 Å². The number of likely N-dealkylation sites (N-methyl/N-ethyl adjacent to an activating group) is 1. The number of para-hydroxylation sites is 1. The Balaban J connectivity index is 0.00000176. The predicted molar refractivity (Wildman–Crippen MR) is 81.5 cm³/mol. The Morgan fingerprint density at radius 1 is 1.36 bits per heavy atom. The van der Waals surface area contributed by atoms with Crippen LogP contribution in [0.4, 0.5) is 0 Å². The van der Waals surface area contributed by atoms with Gasteiger partial charge >= 0.3 is 17.1 Å². The fraction of sp³-hybridized carbons (Fsp3) is 0.429. The average Bonchev–Trinajstić information content (AvgIpc) is 3.05. The number of rotatable bonds is 3. The molecule has 0 aromatic heterocycles. The van der Waals surface area contributed by atoms with Crippen LogP contribution in [0.25, 0.3) is 0 Å². The zero-order valence-corrected chi connectivity index (χ0v) is 14.5. The molecule has 0 amide bonds. The van der Waals surface area contributed by atoms with Gasteiger partial charge in [0.2, 0.25) is 0 Å². The molecule has 116 valence electrons. The minimum absolute atomic E-state index is 0. The van der Waals surface area contributed by atoms with Gasteiger partial charge in [-0.25, -0.2) is 0 Å². The summed E-state index contributed by atoms with van der Waals surface area (Å²) in [5.41, 5.74) is 0.632. The van der Waals surface area contributed by atoms with Crippen LogP contribution in [0.1, 0.15) is 5.56 Å². The van der Waals surface area contributed by atoms with E-state index in [2.05, 4.69) is 4.99 Å². The number of hydrogen-bond donors (Lipinski definition) is 0. The Kier molecular flexibility index (Phi) is 5.85. The molecule has 8 heteroatoms. The van der Waals surface area contributed by atoms with Crippen LogP contribution in [0.2, 0.25) is 0 Å². The van der Waals surface area contributed by atoms with Gasteiger partial charge in [-0.3, -0.25) is 9.89 Å². The SMILES string of the molecule is CN1[C@@H]([C@H]2CSC(c3ccccc3[O-])=N2)SC[C@H]1C(=O)[O-].[Fe+4]. The van der Waals surface area contributed by atoms with E-state index in [1.165, 1.54) is 6.07 Å². The van der Waals surface area contributed by atoms with Crippen molar-refractivity contribution in [3.63, 3.8) is 0 Å². The average molecular weight is 378 g/mol. The first kappa shape index (κ1) is 17.7. The smallest absolute Gasteiger partial charge is 0.872 e. The van der Waals surface area contributed by atoms with Gasteiger partial charge in [0.1, 0.15) is 0 Å². The van der Waals surface area contributed by atoms with Crippen molar-refractivity contribution in [3.8, 4) is 5.75 Å². The van der Waals surface area contributed by atoms with Gasteiger partial charge in [0, 0.05) is 11.5 Å². The Morgan fingerprint density at radius 3 is 2.73 bits per heavy atom. The standard InChI is InChI=1S/C14H16N2O3S2.Fe/c1-16-10(14(18)19)7-21-13(16)9-6-20-12(15-9)8-4-2-3-5-11(8)17;/h2-5,9-10,13,17H,6-7H2,1H3,(H,18,19);/q;+4/p-2/t9-,10+,13-;/m1./s1. The summed E-state index contributed by atoms with van der Waals surface area (Å²) >= 11 is 3.16. The van der Waals surface area contributed by atoms with Crippen molar-refractivity contribution < 1.29 is 32.1 Å². The molecule has 0 radical (unpaired) electrons. The van der Waals surface area contributed by atoms with Crippen LogP contribution in [-0.2, 0) is 21.9 Å². The molecule has 5 nitrogen and oxygen atoms in total. The van der Waals surface area contributed by atoms with Crippen molar-refractivity contribution in [3.05, 3.63) is 29.8 Å².